The van der Waals surface area contributed by atoms with Crippen LogP contribution in [-0.4, -0.2) is 69.5 Å². The minimum atomic E-state index is -3.46. The molecule has 1 saturated heterocycles. The molecule has 140 valence electrons. The monoisotopic (exact) mass is 359 g/mol. The second kappa shape index (κ2) is 7.30. The zero-order chi connectivity index (χ0) is 18.0. The highest BCUT2D eigenvalue weighted by molar-refractivity contribution is 7.92. The standard InChI is InChI=1S/C17H33N3O3S/c1-14-6-5-7-16(12-14,20(2)3)13-19-15(21)17(24(4,22)23)8-10-18-11-9-17/h14,18H,5-13H2,1-4H3,(H,19,21). The molecule has 1 heterocycles. The average molecular weight is 360 g/mol. The molecule has 2 unspecified atom stereocenters. The van der Waals surface area contributed by atoms with Gasteiger partial charge in [-0.15, -0.1) is 0 Å². The lowest BCUT2D eigenvalue weighted by Crippen LogP contribution is -2.61. The number of hydrogen-bond acceptors (Lipinski definition) is 5. The van der Waals surface area contributed by atoms with Gasteiger partial charge in [0.1, 0.15) is 0 Å². The predicted molar refractivity (Wildman–Crippen MR) is 96.7 cm³/mol. The van der Waals surface area contributed by atoms with Gasteiger partial charge >= 0.3 is 0 Å². The number of carbonyl (C=O) groups is 1. The van der Waals surface area contributed by atoms with E-state index in [4.69, 9.17) is 0 Å². The number of likely N-dealkylation sites (N-methyl/N-ethyl adjacent to an activating group) is 1. The van der Waals surface area contributed by atoms with Gasteiger partial charge in [0.25, 0.3) is 0 Å². The molecular weight excluding hydrogens is 326 g/mol. The van der Waals surface area contributed by atoms with Gasteiger partial charge in [0.2, 0.25) is 5.91 Å². The van der Waals surface area contributed by atoms with Gasteiger partial charge in [0.05, 0.1) is 0 Å². The number of carbonyl (C=O) groups excluding carboxylic acids is 1. The summed E-state index contributed by atoms with van der Waals surface area (Å²) in [5.41, 5.74) is -0.0705. The topological polar surface area (TPSA) is 78.5 Å². The molecule has 0 radical (unpaired) electrons. The lowest BCUT2D eigenvalue weighted by Gasteiger charge is -2.46. The van der Waals surface area contributed by atoms with Crippen LogP contribution in [0.4, 0.5) is 0 Å². The highest BCUT2D eigenvalue weighted by Crippen LogP contribution is 2.36. The van der Waals surface area contributed by atoms with Gasteiger partial charge in [-0.3, -0.25) is 4.79 Å². The van der Waals surface area contributed by atoms with Crippen LogP contribution in [-0.2, 0) is 14.6 Å². The lowest BCUT2D eigenvalue weighted by molar-refractivity contribution is -0.125. The first-order chi connectivity index (χ1) is 11.1. The highest BCUT2D eigenvalue weighted by Gasteiger charge is 2.49. The van der Waals surface area contributed by atoms with Crippen molar-refractivity contribution in [1.29, 1.82) is 0 Å². The van der Waals surface area contributed by atoms with E-state index in [0.29, 0.717) is 38.4 Å². The van der Waals surface area contributed by atoms with Crippen molar-refractivity contribution in [3.05, 3.63) is 0 Å². The van der Waals surface area contributed by atoms with Gasteiger partial charge in [0, 0.05) is 18.3 Å². The van der Waals surface area contributed by atoms with Crippen molar-refractivity contribution < 1.29 is 13.2 Å². The molecule has 0 aromatic rings. The molecule has 1 aliphatic heterocycles. The maximum absolute atomic E-state index is 12.9. The third-order valence-corrected chi connectivity index (χ3v) is 8.14. The summed E-state index contributed by atoms with van der Waals surface area (Å²) in [6.07, 6.45) is 6.35. The fourth-order valence-electron chi connectivity index (χ4n) is 4.36. The van der Waals surface area contributed by atoms with Gasteiger partial charge < -0.3 is 15.5 Å². The van der Waals surface area contributed by atoms with E-state index >= 15 is 0 Å². The van der Waals surface area contributed by atoms with Gasteiger partial charge in [0.15, 0.2) is 14.6 Å². The Bertz CT molecular complexity index is 555. The Kier molecular flexibility index (Phi) is 5.98. The Morgan fingerprint density at radius 3 is 2.38 bits per heavy atom. The van der Waals surface area contributed by atoms with Crippen LogP contribution in [0.2, 0.25) is 0 Å². The molecule has 7 heteroatoms. The van der Waals surface area contributed by atoms with Crippen molar-refractivity contribution in [3.63, 3.8) is 0 Å². The van der Waals surface area contributed by atoms with Gasteiger partial charge in [-0.05, 0) is 58.8 Å². The third-order valence-electron chi connectivity index (χ3n) is 6.13. The summed E-state index contributed by atoms with van der Waals surface area (Å²) in [5, 5.41) is 6.18. The van der Waals surface area contributed by atoms with Crippen molar-refractivity contribution in [3.8, 4) is 0 Å². The van der Waals surface area contributed by atoms with Crippen LogP contribution >= 0.6 is 0 Å². The lowest BCUT2D eigenvalue weighted by atomic mass is 9.75. The van der Waals surface area contributed by atoms with E-state index in [1.807, 2.05) is 0 Å². The first kappa shape index (κ1) is 19.7. The Hall–Kier alpha value is -0.660. The van der Waals surface area contributed by atoms with Gasteiger partial charge in [-0.2, -0.15) is 0 Å². The van der Waals surface area contributed by atoms with Crippen molar-refractivity contribution in [2.75, 3.05) is 40.0 Å². The number of nitrogens with one attached hydrogen (secondary N) is 2. The van der Waals surface area contributed by atoms with Crippen molar-refractivity contribution in [2.45, 2.75) is 55.7 Å². The first-order valence-corrected chi connectivity index (χ1v) is 10.9. The van der Waals surface area contributed by atoms with Crippen LogP contribution in [0.1, 0.15) is 45.4 Å². The molecule has 2 rings (SSSR count). The maximum Gasteiger partial charge on any atom is 0.241 e. The molecule has 0 aromatic heterocycles. The van der Waals surface area contributed by atoms with Crippen molar-refractivity contribution in [1.82, 2.24) is 15.5 Å². The van der Waals surface area contributed by atoms with Crippen molar-refractivity contribution >= 4 is 15.7 Å². The van der Waals surface area contributed by atoms with E-state index in [9.17, 15) is 13.2 Å². The summed E-state index contributed by atoms with van der Waals surface area (Å²) >= 11 is 0. The molecule has 2 N–H and O–H groups in total. The molecule has 1 saturated carbocycles. The summed E-state index contributed by atoms with van der Waals surface area (Å²) < 4.78 is 23.5. The molecule has 1 amide bonds. The smallest absolute Gasteiger partial charge is 0.241 e. The highest BCUT2D eigenvalue weighted by atomic mass is 32.2. The predicted octanol–water partition coefficient (Wildman–Crippen LogP) is 0.780. The molecule has 6 nitrogen and oxygen atoms in total. The Morgan fingerprint density at radius 2 is 1.88 bits per heavy atom. The quantitative estimate of drug-likeness (QED) is 0.758. The second-order valence-electron chi connectivity index (χ2n) is 8.02. The van der Waals surface area contributed by atoms with Crippen LogP contribution in [0.3, 0.4) is 0 Å². The zero-order valence-electron chi connectivity index (χ0n) is 15.5. The summed E-state index contributed by atoms with van der Waals surface area (Å²) in [7, 11) is 0.657. The van der Waals surface area contributed by atoms with Crippen molar-refractivity contribution in [2.24, 2.45) is 5.92 Å². The second-order valence-corrected chi connectivity index (χ2v) is 10.3. The maximum atomic E-state index is 12.9. The van der Waals surface area contributed by atoms with Gasteiger partial charge in [-0.25, -0.2) is 8.42 Å². The Balaban J connectivity index is 2.15. The molecule has 2 fully saturated rings. The summed E-state index contributed by atoms with van der Waals surface area (Å²) in [6, 6.07) is 0. The number of nitrogens with zero attached hydrogens (tertiary/aromatic N) is 1. The number of hydrogen-bond donors (Lipinski definition) is 2. The van der Waals surface area contributed by atoms with E-state index in [2.05, 4.69) is 36.6 Å². The third kappa shape index (κ3) is 3.78. The Morgan fingerprint density at radius 1 is 1.25 bits per heavy atom. The van der Waals surface area contributed by atoms with Crippen LogP contribution in [0.15, 0.2) is 0 Å². The van der Waals surface area contributed by atoms with Crippen LogP contribution in [0.25, 0.3) is 0 Å². The number of sulfone groups is 1. The van der Waals surface area contributed by atoms with E-state index in [-0.39, 0.29) is 11.4 Å². The fourth-order valence-corrected chi connectivity index (χ4v) is 5.71. The molecule has 1 aliphatic carbocycles. The first-order valence-electron chi connectivity index (χ1n) is 8.99. The largest absolute Gasteiger partial charge is 0.353 e. The van der Waals surface area contributed by atoms with E-state index in [1.54, 1.807) is 0 Å². The minimum Gasteiger partial charge on any atom is -0.353 e. The summed E-state index contributed by atoms with van der Waals surface area (Å²) in [5.74, 6) is 0.312. The normalized spacial score (nSPS) is 31.0. The average Bonchev–Trinajstić information content (AvgIpc) is 2.52. The molecule has 0 spiro atoms. The molecule has 24 heavy (non-hydrogen) atoms. The zero-order valence-corrected chi connectivity index (χ0v) is 16.3. The van der Waals surface area contributed by atoms with Crippen LogP contribution in [0.5, 0.6) is 0 Å². The fraction of sp³-hybridized carbons (Fsp3) is 0.941. The van der Waals surface area contributed by atoms with Crippen LogP contribution < -0.4 is 10.6 Å². The molecule has 0 bridgehead atoms. The van der Waals surface area contributed by atoms with Crippen LogP contribution in [0, 0.1) is 5.92 Å². The SMILES string of the molecule is CC1CCCC(CNC(=O)C2(S(C)(=O)=O)CCNCC2)(N(C)C)C1. The number of rotatable bonds is 5. The van der Waals surface area contributed by atoms with Gasteiger partial charge in [-0.1, -0.05) is 19.8 Å². The van der Waals surface area contributed by atoms with E-state index < -0.39 is 14.6 Å². The number of piperidine rings is 1. The van der Waals surface area contributed by atoms with E-state index in [1.165, 1.54) is 12.7 Å². The van der Waals surface area contributed by atoms with E-state index in [0.717, 1.165) is 19.3 Å². The summed E-state index contributed by atoms with van der Waals surface area (Å²) in [6.45, 7) is 3.91. The minimum absolute atomic E-state index is 0.0705. The molecular formula is C17H33N3O3S. The number of amides is 1. The molecule has 2 atom stereocenters. The molecule has 2 aliphatic rings. The molecule has 0 aromatic carbocycles. The Labute approximate surface area is 146 Å². The summed E-state index contributed by atoms with van der Waals surface area (Å²) in [4.78, 5) is 15.1.